The van der Waals surface area contributed by atoms with Crippen molar-refractivity contribution >= 4 is 23.4 Å². The molecule has 0 radical (unpaired) electrons. The Bertz CT molecular complexity index is 325. The first kappa shape index (κ1) is 13.0. The molecule has 0 amide bonds. The van der Waals surface area contributed by atoms with Crippen LogP contribution >= 0.6 is 11.6 Å². The Morgan fingerprint density at radius 2 is 2.19 bits per heavy atom. The zero-order chi connectivity index (χ0) is 12.1. The summed E-state index contributed by atoms with van der Waals surface area (Å²) < 4.78 is 0. The minimum atomic E-state index is -0.0506. The fraction of sp³-hybridized carbons (Fsp3) is 0.600. The molecule has 0 bridgehead atoms. The van der Waals surface area contributed by atoms with Gasteiger partial charge in [-0.2, -0.15) is 4.98 Å². The van der Waals surface area contributed by atoms with Gasteiger partial charge >= 0.3 is 0 Å². The van der Waals surface area contributed by atoms with Crippen molar-refractivity contribution in [1.82, 2.24) is 9.97 Å². The summed E-state index contributed by atoms with van der Waals surface area (Å²) in [6.07, 6.45) is 0.845. The first-order chi connectivity index (χ1) is 7.51. The fourth-order valence-electron chi connectivity index (χ4n) is 1.47. The lowest BCUT2D eigenvalue weighted by molar-refractivity contribution is 0.259. The van der Waals surface area contributed by atoms with Gasteiger partial charge in [-0.1, -0.05) is 25.4 Å². The van der Waals surface area contributed by atoms with E-state index in [1.165, 1.54) is 0 Å². The zero-order valence-electron chi connectivity index (χ0n) is 9.44. The molecule has 6 heteroatoms. The average Bonchev–Trinajstić information content (AvgIpc) is 2.14. The van der Waals surface area contributed by atoms with E-state index in [0.717, 1.165) is 6.42 Å². The molecular formula is C10H17ClN4O. The third kappa shape index (κ3) is 4.20. The first-order valence-corrected chi connectivity index (χ1v) is 5.56. The molecule has 4 N–H and O–H groups in total. The highest BCUT2D eigenvalue weighted by atomic mass is 35.5. The number of rotatable bonds is 5. The van der Waals surface area contributed by atoms with Crippen LogP contribution in [0.2, 0.25) is 5.15 Å². The largest absolute Gasteiger partial charge is 0.394 e. The van der Waals surface area contributed by atoms with Gasteiger partial charge in [-0.15, -0.1) is 0 Å². The summed E-state index contributed by atoms with van der Waals surface area (Å²) in [7, 11) is 0. The highest BCUT2D eigenvalue weighted by Crippen LogP contribution is 2.15. The van der Waals surface area contributed by atoms with Crippen molar-refractivity contribution in [1.29, 1.82) is 0 Å². The fourth-order valence-corrected chi connectivity index (χ4v) is 1.66. The minimum absolute atomic E-state index is 0.0414. The minimum Gasteiger partial charge on any atom is -0.394 e. The SMILES string of the molecule is CC(C)CC(CO)Nc1cc(Cl)nc(N)n1. The number of nitrogens with zero attached hydrogens (tertiary/aromatic N) is 2. The molecule has 0 saturated carbocycles. The van der Waals surface area contributed by atoms with Crippen LogP contribution in [0.15, 0.2) is 6.07 Å². The quantitative estimate of drug-likeness (QED) is 0.684. The Morgan fingerprint density at radius 1 is 1.50 bits per heavy atom. The molecule has 5 nitrogen and oxygen atoms in total. The standard InChI is InChI=1S/C10H17ClN4O/c1-6(2)3-7(5-16)13-9-4-8(11)14-10(12)15-9/h4,6-7,16H,3,5H2,1-2H3,(H3,12,13,14,15). The lowest BCUT2D eigenvalue weighted by Crippen LogP contribution is -2.26. The normalized spacial score (nSPS) is 12.8. The van der Waals surface area contributed by atoms with Gasteiger partial charge in [-0.05, 0) is 12.3 Å². The lowest BCUT2D eigenvalue weighted by Gasteiger charge is -2.18. The summed E-state index contributed by atoms with van der Waals surface area (Å²) in [6, 6.07) is 1.53. The molecule has 0 aliphatic heterocycles. The van der Waals surface area contributed by atoms with E-state index < -0.39 is 0 Å². The number of halogens is 1. The number of hydrogen-bond acceptors (Lipinski definition) is 5. The molecule has 16 heavy (non-hydrogen) atoms. The van der Waals surface area contributed by atoms with Gasteiger partial charge < -0.3 is 16.2 Å². The number of aliphatic hydroxyl groups is 1. The van der Waals surface area contributed by atoms with Crippen LogP contribution < -0.4 is 11.1 Å². The van der Waals surface area contributed by atoms with Gasteiger partial charge in [-0.3, -0.25) is 0 Å². The van der Waals surface area contributed by atoms with E-state index >= 15 is 0 Å². The van der Waals surface area contributed by atoms with Crippen molar-refractivity contribution < 1.29 is 5.11 Å². The number of aromatic nitrogens is 2. The molecule has 1 heterocycles. The number of anilines is 2. The molecule has 1 rings (SSSR count). The molecule has 1 atom stereocenters. The first-order valence-electron chi connectivity index (χ1n) is 5.18. The van der Waals surface area contributed by atoms with Crippen molar-refractivity contribution in [3.63, 3.8) is 0 Å². The number of nitrogens with two attached hydrogens (primary N) is 1. The van der Waals surface area contributed by atoms with E-state index in [4.69, 9.17) is 17.3 Å². The van der Waals surface area contributed by atoms with Crippen molar-refractivity contribution in [2.24, 2.45) is 5.92 Å². The van der Waals surface area contributed by atoms with E-state index in [1.54, 1.807) is 6.07 Å². The second-order valence-electron chi connectivity index (χ2n) is 4.09. The van der Waals surface area contributed by atoms with Gasteiger partial charge in [0, 0.05) is 6.07 Å². The smallest absolute Gasteiger partial charge is 0.223 e. The maximum Gasteiger partial charge on any atom is 0.223 e. The van der Waals surface area contributed by atoms with E-state index in [-0.39, 0.29) is 23.8 Å². The summed E-state index contributed by atoms with van der Waals surface area (Å²) in [4.78, 5) is 7.75. The van der Waals surface area contributed by atoms with Crippen molar-refractivity contribution in [2.45, 2.75) is 26.3 Å². The van der Waals surface area contributed by atoms with E-state index in [9.17, 15) is 5.11 Å². The Kier molecular flexibility index (Phi) is 4.76. The van der Waals surface area contributed by atoms with Gasteiger partial charge in [-0.25, -0.2) is 4.98 Å². The van der Waals surface area contributed by atoms with E-state index in [2.05, 4.69) is 29.1 Å². The molecule has 0 fully saturated rings. The monoisotopic (exact) mass is 244 g/mol. The molecule has 0 aliphatic carbocycles. The topological polar surface area (TPSA) is 84.1 Å². The third-order valence-corrected chi connectivity index (χ3v) is 2.23. The molecule has 1 aromatic rings. The predicted octanol–water partition coefficient (Wildman–Crippen LogP) is 1.53. The maximum absolute atomic E-state index is 9.20. The Morgan fingerprint density at radius 3 is 2.69 bits per heavy atom. The van der Waals surface area contributed by atoms with Crippen LogP contribution in [0.25, 0.3) is 0 Å². The number of nitrogen functional groups attached to an aromatic ring is 1. The van der Waals surface area contributed by atoms with Crippen molar-refractivity contribution in [3.8, 4) is 0 Å². The highest BCUT2D eigenvalue weighted by Gasteiger charge is 2.11. The number of hydrogen-bond donors (Lipinski definition) is 3. The van der Waals surface area contributed by atoms with Crippen LogP contribution in [0, 0.1) is 5.92 Å². The van der Waals surface area contributed by atoms with Crippen molar-refractivity contribution in [2.75, 3.05) is 17.7 Å². The summed E-state index contributed by atoms with van der Waals surface area (Å²) in [5, 5.41) is 12.6. The zero-order valence-corrected chi connectivity index (χ0v) is 10.2. The average molecular weight is 245 g/mol. The molecular weight excluding hydrogens is 228 g/mol. The van der Waals surface area contributed by atoms with Crippen molar-refractivity contribution in [3.05, 3.63) is 11.2 Å². The second-order valence-corrected chi connectivity index (χ2v) is 4.47. The second kappa shape index (κ2) is 5.86. The molecule has 0 saturated heterocycles. The maximum atomic E-state index is 9.20. The molecule has 0 spiro atoms. The van der Waals surface area contributed by atoms with Crippen LogP contribution in [0.3, 0.4) is 0 Å². The molecule has 0 aliphatic rings. The van der Waals surface area contributed by atoms with Crippen LogP contribution in [0.4, 0.5) is 11.8 Å². The number of nitrogens with one attached hydrogen (secondary N) is 1. The van der Waals surface area contributed by atoms with E-state index in [0.29, 0.717) is 11.7 Å². The van der Waals surface area contributed by atoms with Crippen LogP contribution in [-0.2, 0) is 0 Å². The molecule has 90 valence electrons. The van der Waals surface area contributed by atoms with Gasteiger partial charge in [0.05, 0.1) is 12.6 Å². The summed E-state index contributed by atoms with van der Waals surface area (Å²) in [5.74, 6) is 1.15. The van der Waals surface area contributed by atoms with Gasteiger partial charge in [0.1, 0.15) is 11.0 Å². The Balaban J connectivity index is 2.69. The highest BCUT2D eigenvalue weighted by molar-refractivity contribution is 6.29. The summed E-state index contributed by atoms with van der Waals surface area (Å²) in [5.41, 5.74) is 5.47. The van der Waals surface area contributed by atoms with E-state index in [1.807, 2.05) is 0 Å². The molecule has 0 aromatic carbocycles. The molecule has 1 unspecified atom stereocenters. The summed E-state index contributed by atoms with van der Waals surface area (Å²) in [6.45, 7) is 4.22. The third-order valence-electron chi connectivity index (χ3n) is 2.04. The van der Waals surface area contributed by atoms with Gasteiger partial charge in [0.2, 0.25) is 5.95 Å². The van der Waals surface area contributed by atoms with Gasteiger partial charge in [0.25, 0.3) is 0 Å². The van der Waals surface area contributed by atoms with Crippen LogP contribution in [-0.4, -0.2) is 27.7 Å². The van der Waals surface area contributed by atoms with Crippen LogP contribution in [0.5, 0.6) is 0 Å². The summed E-state index contributed by atoms with van der Waals surface area (Å²) >= 11 is 5.75. The number of aliphatic hydroxyl groups excluding tert-OH is 1. The predicted molar refractivity (Wildman–Crippen MR) is 65.4 cm³/mol. The van der Waals surface area contributed by atoms with Gasteiger partial charge in [0.15, 0.2) is 0 Å². The van der Waals surface area contributed by atoms with Crippen LogP contribution in [0.1, 0.15) is 20.3 Å². The Hall–Kier alpha value is -1.07. The Labute approximate surface area is 100 Å². The molecule has 1 aromatic heterocycles. The lowest BCUT2D eigenvalue weighted by atomic mass is 10.0.